The lowest BCUT2D eigenvalue weighted by Gasteiger charge is -2.26. The van der Waals surface area contributed by atoms with E-state index in [0.29, 0.717) is 31.9 Å². The summed E-state index contributed by atoms with van der Waals surface area (Å²) in [5.41, 5.74) is -2.59. The molecule has 1 fully saturated rings. The minimum atomic E-state index is -5.02. The molecular formula is C20H18F6N2O2. The molecule has 2 aromatic rings. The molecule has 3 rings (SSSR count). The first-order valence-corrected chi connectivity index (χ1v) is 9.02. The third-order valence-corrected chi connectivity index (χ3v) is 4.57. The zero-order valence-corrected chi connectivity index (χ0v) is 15.6. The Kier molecular flexibility index (Phi) is 6.37. The predicted molar refractivity (Wildman–Crippen MR) is 96.9 cm³/mol. The SMILES string of the molecule is O=C(Nc1ccc(CN2CCOCC2)cc1)c1cc(C(F)(F)F)cc(C(F)(F)F)c1. The highest BCUT2D eigenvalue weighted by Crippen LogP contribution is 2.36. The summed E-state index contributed by atoms with van der Waals surface area (Å²) in [6, 6.07) is 7.35. The van der Waals surface area contributed by atoms with E-state index in [2.05, 4.69) is 10.2 Å². The monoisotopic (exact) mass is 432 g/mol. The number of amides is 1. The number of anilines is 1. The van der Waals surface area contributed by atoms with Crippen LogP contribution in [0.2, 0.25) is 0 Å². The fourth-order valence-electron chi connectivity index (χ4n) is 3.00. The van der Waals surface area contributed by atoms with Crippen molar-refractivity contribution in [2.24, 2.45) is 0 Å². The van der Waals surface area contributed by atoms with Crippen LogP contribution in [0.25, 0.3) is 0 Å². The van der Waals surface area contributed by atoms with Crippen molar-refractivity contribution in [3.8, 4) is 0 Å². The molecule has 10 heteroatoms. The quantitative estimate of drug-likeness (QED) is 0.706. The van der Waals surface area contributed by atoms with Crippen molar-refractivity contribution in [3.63, 3.8) is 0 Å². The molecule has 0 saturated carbocycles. The van der Waals surface area contributed by atoms with E-state index in [9.17, 15) is 31.1 Å². The van der Waals surface area contributed by atoms with Crippen LogP contribution in [0.15, 0.2) is 42.5 Å². The van der Waals surface area contributed by atoms with Crippen LogP contribution in [0, 0.1) is 0 Å². The van der Waals surface area contributed by atoms with Crippen molar-refractivity contribution in [1.82, 2.24) is 4.90 Å². The molecule has 1 amide bonds. The van der Waals surface area contributed by atoms with Crippen LogP contribution < -0.4 is 5.32 Å². The highest BCUT2D eigenvalue weighted by atomic mass is 19.4. The van der Waals surface area contributed by atoms with Gasteiger partial charge in [-0.2, -0.15) is 26.3 Å². The van der Waals surface area contributed by atoms with Crippen molar-refractivity contribution >= 4 is 11.6 Å². The largest absolute Gasteiger partial charge is 0.416 e. The molecule has 30 heavy (non-hydrogen) atoms. The second-order valence-corrected chi connectivity index (χ2v) is 6.83. The van der Waals surface area contributed by atoms with Crippen LogP contribution in [0.3, 0.4) is 0 Å². The summed E-state index contributed by atoms with van der Waals surface area (Å²) in [6.07, 6.45) is -10.0. The summed E-state index contributed by atoms with van der Waals surface area (Å²) in [7, 11) is 0. The van der Waals surface area contributed by atoms with Gasteiger partial charge >= 0.3 is 12.4 Å². The molecule has 0 aromatic heterocycles. The van der Waals surface area contributed by atoms with E-state index < -0.39 is 35.0 Å². The molecule has 1 N–H and O–H groups in total. The molecular weight excluding hydrogens is 414 g/mol. The normalized spacial score (nSPS) is 15.8. The Morgan fingerprint density at radius 1 is 0.900 bits per heavy atom. The molecule has 0 radical (unpaired) electrons. The maximum Gasteiger partial charge on any atom is 0.416 e. The van der Waals surface area contributed by atoms with E-state index in [1.807, 2.05) is 0 Å². The Morgan fingerprint density at radius 2 is 1.43 bits per heavy atom. The fourth-order valence-corrected chi connectivity index (χ4v) is 3.00. The topological polar surface area (TPSA) is 41.6 Å². The Balaban J connectivity index is 1.75. The number of ether oxygens (including phenoxy) is 1. The molecule has 0 unspecified atom stereocenters. The average Bonchev–Trinajstić information content (AvgIpc) is 2.68. The molecule has 2 aromatic carbocycles. The number of halogens is 6. The van der Waals surface area contributed by atoms with E-state index in [4.69, 9.17) is 4.74 Å². The number of carbonyl (C=O) groups is 1. The Morgan fingerprint density at radius 3 is 1.93 bits per heavy atom. The highest BCUT2D eigenvalue weighted by Gasteiger charge is 2.37. The Labute approximate surface area is 168 Å². The van der Waals surface area contributed by atoms with Gasteiger partial charge in [0.15, 0.2) is 0 Å². The van der Waals surface area contributed by atoms with E-state index in [1.165, 1.54) is 0 Å². The number of nitrogens with zero attached hydrogens (tertiary/aromatic N) is 1. The van der Waals surface area contributed by atoms with Gasteiger partial charge in [-0.15, -0.1) is 0 Å². The van der Waals surface area contributed by atoms with Crippen LogP contribution in [-0.4, -0.2) is 37.1 Å². The minimum Gasteiger partial charge on any atom is -0.379 e. The van der Waals surface area contributed by atoms with Gasteiger partial charge in [0.1, 0.15) is 0 Å². The Hall–Kier alpha value is -2.59. The number of morpholine rings is 1. The smallest absolute Gasteiger partial charge is 0.379 e. The number of benzene rings is 2. The van der Waals surface area contributed by atoms with Gasteiger partial charge in [-0.1, -0.05) is 12.1 Å². The van der Waals surface area contributed by atoms with Crippen molar-refractivity contribution in [2.45, 2.75) is 18.9 Å². The van der Waals surface area contributed by atoms with Gasteiger partial charge in [0, 0.05) is 30.9 Å². The maximum atomic E-state index is 13.0. The van der Waals surface area contributed by atoms with Gasteiger partial charge < -0.3 is 10.1 Å². The lowest BCUT2D eigenvalue weighted by molar-refractivity contribution is -0.143. The third kappa shape index (κ3) is 5.73. The summed E-state index contributed by atoms with van der Waals surface area (Å²) in [5.74, 6) is -1.06. The first-order chi connectivity index (χ1) is 14.0. The predicted octanol–water partition coefficient (Wildman–Crippen LogP) is 4.81. The molecule has 1 heterocycles. The molecule has 162 valence electrons. The van der Waals surface area contributed by atoms with Crippen LogP contribution in [0.1, 0.15) is 27.0 Å². The first kappa shape index (κ1) is 22.1. The molecule has 0 atom stereocenters. The zero-order chi connectivity index (χ0) is 21.9. The minimum absolute atomic E-state index is 0.0167. The highest BCUT2D eigenvalue weighted by molar-refractivity contribution is 6.04. The van der Waals surface area contributed by atoms with Crippen LogP contribution in [0.5, 0.6) is 0 Å². The molecule has 1 aliphatic heterocycles. The fraction of sp³-hybridized carbons (Fsp3) is 0.350. The van der Waals surface area contributed by atoms with Crippen LogP contribution in [0.4, 0.5) is 32.0 Å². The number of rotatable bonds is 4. The van der Waals surface area contributed by atoms with E-state index in [1.54, 1.807) is 24.3 Å². The van der Waals surface area contributed by atoms with Crippen molar-refractivity contribution in [2.75, 3.05) is 31.6 Å². The number of nitrogens with one attached hydrogen (secondary N) is 1. The van der Waals surface area contributed by atoms with Crippen molar-refractivity contribution < 1.29 is 35.9 Å². The molecule has 0 spiro atoms. The molecule has 0 aliphatic carbocycles. The standard InChI is InChI=1S/C20H18F6N2O2/c21-19(22,23)15-9-14(10-16(11-15)20(24,25)26)18(29)27-17-3-1-13(2-4-17)12-28-5-7-30-8-6-28/h1-4,9-11H,5-8,12H2,(H,27,29). The first-order valence-electron chi connectivity index (χ1n) is 9.02. The summed E-state index contributed by atoms with van der Waals surface area (Å²) < 4.78 is 83.0. The lowest BCUT2D eigenvalue weighted by atomic mass is 10.0. The van der Waals surface area contributed by atoms with E-state index >= 15 is 0 Å². The molecule has 4 nitrogen and oxygen atoms in total. The summed E-state index contributed by atoms with van der Waals surface area (Å²) in [5, 5.41) is 2.34. The third-order valence-electron chi connectivity index (χ3n) is 4.57. The number of hydrogen-bond donors (Lipinski definition) is 1. The van der Waals surface area contributed by atoms with E-state index in [0.717, 1.165) is 18.7 Å². The summed E-state index contributed by atoms with van der Waals surface area (Å²) in [4.78, 5) is 14.5. The van der Waals surface area contributed by atoms with Gasteiger partial charge in [0.25, 0.3) is 5.91 Å². The van der Waals surface area contributed by atoms with Crippen LogP contribution in [-0.2, 0) is 23.6 Å². The summed E-state index contributed by atoms with van der Waals surface area (Å²) >= 11 is 0. The van der Waals surface area contributed by atoms with Gasteiger partial charge in [-0.25, -0.2) is 0 Å². The van der Waals surface area contributed by atoms with Gasteiger partial charge in [0.05, 0.1) is 24.3 Å². The molecule has 1 saturated heterocycles. The summed E-state index contributed by atoms with van der Waals surface area (Å²) in [6.45, 7) is 3.53. The van der Waals surface area contributed by atoms with E-state index in [-0.39, 0.29) is 11.8 Å². The number of carbonyl (C=O) groups excluding carboxylic acids is 1. The number of alkyl halides is 6. The van der Waals surface area contributed by atoms with Crippen molar-refractivity contribution in [1.29, 1.82) is 0 Å². The van der Waals surface area contributed by atoms with Gasteiger partial charge in [-0.3, -0.25) is 9.69 Å². The molecule has 1 aliphatic rings. The van der Waals surface area contributed by atoms with Crippen molar-refractivity contribution in [3.05, 3.63) is 64.7 Å². The van der Waals surface area contributed by atoms with Gasteiger partial charge in [-0.05, 0) is 35.9 Å². The average molecular weight is 432 g/mol. The zero-order valence-electron chi connectivity index (χ0n) is 15.6. The second kappa shape index (κ2) is 8.65. The Bertz CT molecular complexity index is 855. The van der Waals surface area contributed by atoms with Gasteiger partial charge in [0.2, 0.25) is 0 Å². The lowest BCUT2D eigenvalue weighted by Crippen LogP contribution is -2.35. The number of hydrogen-bond acceptors (Lipinski definition) is 3. The maximum absolute atomic E-state index is 13.0. The van der Waals surface area contributed by atoms with Crippen LogP contribution >= 0.6 is 0 Å². The second-order valence-electron chi connectivity index (χ2n) is 6.83. The molecule has 0 bridgehead atoms.